The molecule has 188 valence electrons. The summed E-state index contributed by atoms with van der Waals surface area (Å²) in [4.78, 5) is 33.2. The van der Waals surface area contributed by atoms with Gasteiger partial charge in [-0.3, -0.25) is 14.7 Å². The lowest BCUT2D eigenvalue weighted by Crippen LogP contribution is -2.40. The summed E-state index contributed by atoms with van der Waals surface area (Å²) in [6.45, 7) is 6.04. The number of hydrogen-bond donors (Lipinski definition) is 1. The first-order chi connectivity index (χ1) is 17.8. The fraction of sp³-hybridized carbons (Fsp3) is 0.269. The number of carbonyl (C=O) groups is 1. The number of H-pyrrole nitrogens is 1. The van der Waals surface area contributed by atoms with Gasteiger partial charge < -0.3 is 13.9 Å². The van der Waals surface area contributed by atoms with Crippen molar-refractivity contribution in [2.45, 2.75) is 40.2 Å². The van der Waals surface area contributed by atoms with Crippen LogP contribution in [0.15, 0.2) is 44.2 Å². The number of rotatable bonds is 4. The quantitative estimate of drug-likeness (QED) is 0.381. The number of amides is 1. The SMILES string of the molecule is Cc1noc(C)c1Cc1c(C(=O)N2CCc3c(nc4cc(-c5ccccc5Cl)[nH]n4c3=O)C2)noc1C. The number of fused-ring (bicyclic) bond motifs is 2. The Morgan fingerprint density at radius 3 is 2.62 bits per heavy atom. The lowest BCUT2D eigenvalue weighted by molar-refractivity contribution is 0.0720. The Morgan fingerprint density at radius 1 is 1.11 bits per heavy atom. The molecule has 11 heteroatoms. The number of benzene rings is 1. The molecule has 4 aromatic heterocycles. The van der Waals surface area contributed by atoms with Crippen LogP contribution in [0.1, 0.15) is 50.1 Å². The van der Waals surface area contributed by atoms with E-state index in [1.165, 1.54) is 4.52 Å². The largest absolute Gasteiger partial charge is 0.361 e. The maximum absolute atomic E-state index is 13.5. The number of aromatic nitrogens is 5. The molecule has 1 aromatic carbocycles. The lowest BCUT2D eigenvalue weighted by Gasteiger charge is -2.27. The lowest BCUT2D eigenvalue weighted by atomic mass is 10.0. The molecule has 1 amide bonds. The smallest absolute Gasteiger partial charge is 0.276 e. The molecule has 1 aliphatic rings. The molecule has 0 radical (unpaired) electrons. The summed E-state index contributed by atoms with van der Waals surface area (Å²) < 4.78 is 12.1. The van der Waals surface area contributed by atoms with Crippen LogP contribution in [0, 0.1) is 20.8 Å². The number of nitrogens with one attached hydrogen (secondary N) is 1. The molecule has 0 saturated carbocycles. The molecule has 5 heterocycles. The third-order valence-corrected chi connectivity index (χ3v) is 7.27. The van der Waals surface area contributed by atoms with Crippen LogP contribution in [0.5, 0.6) is 0 Å². The molecule has 1 aliphatic heterocycles. The van der Waals surface area contributed by atoms with Gasteiger partial charge in [0.25, 0.3) is 11.5 Å². The van der Waals surface area contributed by atoms with Crippen LogP contribution in [0.25, 0.3) is 16.9 Å². The number of aryl methyl sites for hydroxylation is 3. The molecule has 0 bridgehead atoms. The van der Waals surface area contributed by atoms with Gasteiger partial charge >= 0.3 is 0 Å². The Labute approximate surface area is 215 Å². The Bertz CT molecular complexity index is 1720. The fourth-order valence-corrected chi connectivity index (χ4v) is 5.07. The summed E-state index contributed by atoms with van der Waals surface area (Å²) in [6, 6.07) is 9.17. The summed E-state index contributed by atoms with van der Waals surface area (Å²) in [5.74, 6) is 0.995. The molecule has 0 spiro atoms. The Kier molecular flexibility index (Phi) is 5.49. The normalized spacial score (nSPS) is 13.4. The van der Waals surface area contributed by atoms with E-state index >= 15 is 0 Å². The molecule has 6 rings (SSSR count). The highest BCUT2D eigenvalue weighted by molar-refractivity contribution is 6.33. The van der Waals surface area contributed by atoms with Crippen molar-refractivity contribution in [3.8, 4) is 11.3 Å². The molecule has 0 saturated heterocycles. The summed E-state index contributed by atoms with van der Waals surface area (Å²) >= 11 is 6.35. The Balaban J connectivity index is 1.32. The zero-order valence-corrected chi connectivity index (χ0v) is 21.2. The van der Waals surface area contributed by atoms with Gasteiger partial charge in [0.1, 0.15) is 11.5 Å². The van der Waals surface area contributed by atoms with Crippen LogP contribution in [0.2, 0.25) is 5.02 Å². The summed E-state index contributed by atoms with van der Waals surface area (Å²) in [5, 5.41) is 11.8. The highest BCUT2D eigenvalue weighted by Gasteiger charge is 2.30. The number of hydrogen-bond acceptors (Lipinski definition) is 7. The van der Waals surface area contributed by atoms with E-state index in [-0.39, 0.29) is 23.7 Å². The first-order valence-electron chi connectivity index (χ1n) is 11.9. The van der Waals surface area contributed by atoms with Crippen LogP contribution in [0.3, 0.4) is 0 Å². The first-order valence-corrected chi connectivity index (χ1v) is 12.2. The average molecular weight is 519 g/mol. The zero-order valence-electron chi connectivity index (χ0n) is 20.5. The standard InChI is InChI=1S/C26H23ClN6O4/c1-13-18(14(2)36-30-13)10-19-15(3)37-31-24(19)26(35)32-9-8-17-22(12-32)28-23-11-21(29-33(23)25(17)34)16-6-4-5-7-20(16)27/h4-7,11,29H,8-10,12H2,1-3H3. The molecule has 0 atom stereocenters. The monoisotopic (exact) mass is 518 g/mol. The Hall–Kier alpha value is -4.18. The molecule has 0 unspecified atom stereocenters. The maximum Gasteiger partial charge on any atom is 0.276 e. The van der Waals surface area contributed by atoms with Gasteiger partial charge in [-0.15, -0.1) is 0 Å². The van der Waals surface area contributed by atoms with E-state index in [1.54, 1.807) is 24.0 Å². The minimum absolute atomic E-state index is 0.179. The molecular formula is C26H23ClN6O4. The van der Waals surface area contributed by atoms with Gasteiger partial charge in [0.05, 0.1) is 23.6 Å². The van der Waals surface area contributed by atoms with Gasteiger partial charge in [-0.05, 0) is 33.3 Å². The van der Waals surface area contributed by atoms with Gasteiger partial charge in [0.2, 0.25) is 0 Å². The van der Waals surface area contributed by atoms with Crippen molar-refractivity contribution in [1.82, 2.24) is 29.8 Å². The van der Waals surface area contributed by atoms with Crippen molar-refractivity contribution < 1.29 is 13.8 Å². The van der Waals surface area contributed by atoms with Gasteiger partial charge in [-0.1, -0.05) is 40.1 Å². The third-order valence-electron chi connectivity index (χ3n) is 6.94. The summed E-state index contributed by atoms with van der Waals surface area (Å²) in [5.41, 5.74) is 5.52. The molecule has 0 fully saturated rings. The number of aromatic amines is 1. The van der Waals surface area contributed by atoms with Gasteiger partial charge in [0, 0.05) is 46.3 Å². The number of nitrogens with zero attached hydrogens (tertiary/aromatic N) is 5. The Morgan fingerprint density at radius 2 is 1.86 bits per heavy atom. The molecular weight excluding hydrogens is 496 g/mol. The highest BCUT2D eigenvalue weighted by Crippen LogP contribution is 2.28. The van der Waals surface area contributed by atoms with Crippen LogP contribution in [-0.4, -0.2) is 42.3 Å². The zero-order chi connectivity index (χ0) is 25.8. The van der Waals surface area contributed by atoms with Gasteiger partial charge in [-0.2, -0.15) is 0 Å². The van der Waals surface area contributed by atoms with Gasteiger partial charge in [-0.25, -0.2) is 9.50 Å². The van der Waals surface area contributed by atoms with Gasteiger partial charge in [0.15, 0.2) is 11.3 Å². The summed E-state index contributed by atoms with van der Waals surface area (Å²) in [7, 11) is 0. The number of halogens is 1. The van der Waals surface area contributed by atoms with Crippen LogP contribution >= 0.6 is 11.6 Å². The van der Waals surface area contributed by atoms with E-state index in [1.807, 2.05) is 32.0 Å². The fourth-order valence-electron chi connectivity index (χ4n) is 4.83. The molecule has 10 nitrogen and oxygen atoms in total. The van der Waals surface area contributed by atoms with Crippen molar-refractivity contribution in [3.63, 3.8) is 0 Å². The predicted octanol–water partition coefficient (Wildman–Crippen LogP) is 4.03. The van der Waals surface area contributed by atoms with E-state index in [4.69, 9.17) is 25.6 Å². The molecule has 0 aliphatic carbocycles. The van der Waals surface area contributed by atoms with Crippen LogP contribution in [-0.2, 0) is 19.4 Å². The van der Waals surface area contributed by atoms with E-state index in [0.29, 0.717) is 64.1 Å². The van der Waals surface area contributed by atoms with Crippen molar-refractivity contribution in [2.24, 2.45) is 0 Å². The van der Waals surface area contributed by atoms with E-state index in [0.717, 1.165) is 16.8 Å². The predicted molar refractivity (Wildman–Crippen MR) is 135 cm³/mol. The van der Waals surface area contributed by atoms with Crippen LogP contribution in [0.4, 0.5) is 0 Å². The second kappa shape index (κ2) is 8.74. The minimum atomic E-state index is -0.267. The second-order valence-electron chi connectivity index (χ2n) is 9.21. The van der Waals surface area contributed by atoms with Crippen LogP contribution < -0.4 is 5.56 Å². The van der Waals surface area contributed by atoms with E-state index in [2.05, 4.69) is 15.4 Å². The van der Waals surface area contributed by atoms with Crippen molar-refractivity contribution in [2.75, 3.05) is 6.54 Å². The third kappa shape index (κ3) is 3.84. The highest BCUT2D eigenvalue weighted by atomic mass is 35.5. The average Bonchev–Trinajstić information content (AvgIpc) is 3.57. The van der Waals surface area contributed by atoms with E-state index < -0.39 is 0 Å². The van der Waals surface area contributed by atoms with Crippen molar-refractivity contribution >= 4 is 23.2 Å². The molecule has 1 N–H and O–H groups in total. The first kappa shape index (κ1) is 23.2. The number of carbonyl (C=O) groups excluding carboxylic acids is 1. The topological polar surface area (TPSA) is 123 Å². The molecule has 37 heavy (non-hydrogen) atoms. The minimum Gasteiger partial charge on any atom is -0.361 e. The summed E-state index contributed by atoms with van der Waals surface area (Å²) in [6.07, 6.45) is 0.808. The van der Waals surface area contributed by atoms with Crippen molar-refractivity contribution in [3.05, 3.63) is 91.0 Å². The van der Waals surface area contributed by atoms with E-state index in [9.17, 15) is 9.59 Å². The second-order valence-corrected chi connectivity index (χ2v) is 9.61. The molecule has 5 aromatic rings. The maximum atomic E-state index is 13.5. The van der Waals surface area contributed by atoms with Crippen molar-refractivity contribution in [1.29, 1.82) is 0 Å².